The van der Waals surface area contributed by atoms with E-state index in [9.17, 15) is 4.39 Å². The average Bonchev–Trinajstić information content (AvgIpc) is 2.44. The highest BCUT2D eigenvalue weighted by atomic mass is 19.1. The molecule has 0 aromatic heterocycles. The van der Waals surface area contributed by atoms with Crippen LogP contribution < -0.4 is 20.5 Å². The van der Waals surface area contributed by atoms with Gasteiger partial charge in [0.1, 0.15) is 17.3 Å². The maximum Gasteiger partial charge on any atom is 0.145 e. The van der Waals surface area contributed by atoms with Crippen LogP contribution in [-0.2, 0) is 0 Å². The first-order valence-electron chi connectivity index (χ1n) is 6.66. The highest BCUT2D eigenvalue weighted by Crippen LogP contribution is 2.32. The Morgan fingerprint density at radius 1 is 1.10 bits per heavy atom. The quantitative estimate of drug-likeness (QED) is 0.819. The van der Waals surface area contributed by atoms with Gasteiger partial charge in [-0.2, -0.15) is 0 Å². The first-order chi connectivity index (χ1) is 9.99. The summed E-state index contributed by atoms with van der Waals surface area (Å²) in [6, 6.07) is 9.70. The van der Waals surface area contributed by atoms with Crippen LogP contribution in [0.1, 0.15) is 13.8 Å². The SMILES string of the molecule is COc1cc(F)ccc1Nc1ccc(N)c(OC(C)C)c1. The molecule has 0 spiro atoms. The molecule has 0 aliphatic heterocycles. The normalized spacial score (nSPS) is 10.5. The van der Waals surface area contributed by atoms with Gasteiger partial charge in [0.05, 0.1) is 24.6 Å². The van der Waals surface area contributed by atoms with Gasteiger partial charge in [0.25, 0.3) is 0 Å². The van der Waals surface area contributed by atoms with Gasteiger partial charge in [0.2, 0.25) is 0 Å². The third-order valence-electron chi connectivity index (χ3n) is 2.82. The summed E-state index contributed by atoms with van der Waals surface area (Å²) in [4.78, 5) is 0. The molecule has 0 bridgehead atoms. The predicted octanol–water partition coefficient (Wildman–Crippen LogP) is 3.95. The molecular formula is C16H19FN2O2. The first kappa shape index (κ1) is 15.0. The number of nitrogen functional groups attached to an aromatic ring is 1. The highest BCUT2D eigenvalue weighted by molar-refractivity contribution is 5.70. The summed E-state index contributed by atoms with van der Waals surface area (Å²) in [5.41, 5.74) is 7.90. The van der Waals surface area contributed by atoms with E-state index in [-0.39, 0.29) is 11.9 Å². The molecule has 21 heavy (non-hydrogen) atoms. The van der Waals surface area contributed by atoms with Crippen LogP contribution in [0.15, 0.2) is 36.4 Å². The summed E-state index contributed by atoms with van der Waals surface area (Å²) in [6.07, 6.45) is 0.0305. The zero-order chi connectivity index (χ0) is 15.4. The summed E-state index contributed by atoms with van der Waals surface area (Å²) in [5, 5.41) is 3.16. The van der Waals surface area contributed by atoms with E-state index in [0.29, 0.717) is 22.9 Å². The fourth-order valence-corrected chi connectivity index (χ4v) is 1.89. The molecule has 0 fully saturated rings. The zero-order valence-electron chi connectivity index (χ0n) is 12.3. The third-order valence-corrected chi connectivity index (χ3v) is 2.82. The lowest BCUT2D eigenvalue weighted by Gasteiger charge is -2.15. The van der Waals surface area contributed by atoms with E-state index in [1.807, 2.05) is 19.9 Å². The van der Waals surface area contributed by atoms with Crippen LogP contribution in [0.2, 0.25) is 0 Å². The van der Waals surface area contributed by atoms with Gasteiger partial charge in [-0.1, -0.05) is 0 Å². The lowest BCUT2D eigenvalue weighted by Crippen LogP contribution is -2.07. The minimum absolute atomic E-state index is 0.0305. The number of nitrogens with two attached hydrogens (primary N) is 1. The van der Waals surface area contributed by atoms with E-state index in [1.54, 1.807) is 18.2 Å². The van der Waals surface area contributed by atoms with Crippen LogP contribution in [0.4, 0.5) is 21.5 Å². The van der Waals surface area contributed by atoms with Gasteiger partial charge < -0.3 is 20.5 Å². The van der Waals surface area contributed by atoms with Gasteiger partial charge in [0.15, 0.2) is 0 Å². The predicted molar refractivity (Wildman–Crippen MR) is 82.9 cm³/mol. The van der Waals surface area contributed by atoms with Crippen molar-refractivity contribution < 1.29 is 13.9 Å². The van der Waals surface area contributed by atoms with E-state index in [2.05, 4.69) is 5.32 Å². The Kier molecular flexibility index (Phi) is 4.52. The van der Waals surface area contributed by atoms with Crippen molar-refractivity contribution in [2.45, 2.75) is 20.0 Å². The summed E-state index contributed by atoms with van der Waals surface area (Å²) in [7, 11) is 1.50. The number of hydrogen-bond acceptors (Lipinski definition) is 4. The van der Waals surface area contributed by atoms with Crippen molar-refractivity contribution in [2.75, 3.05) is 18.2 Å². The smallest absolute Gasteiger partial charge is 0.145 e. The van der Waals surface area contributed by atoms with Crippen molar-refractivity contribution in [2.24, 2.45) is 0 Å². The second kappa shape index (κ2) is 6.35. The summed E-state index contributed by atoms with van der Waals surface area (Å²) in [6.45, 7) is 3.87. The summed E-state index contributed by atoms with van der Waals surface area (Å²) in [5.74, 6) is 0.688. The molecule has 0 atom stereocenters. The molecule has 0 heterocycles. The molecule has 2 aromatic rings. The highest BCUT2D eigenvalue weighted by Gasteiger charge is 2.08. The number of hydrogen-bond donors (Lipinski definition) is 2. The summed E-state index contributed by atoms with van der Waals surface area (Å²) < 4.78 is 24.0. The number of rotatable bonds is 5. The molecule has 0 unspecified atom stereocenters. The second-order valence-corrected chi connectivity index (χ2v) is 4.89. The lowest BCUT2D eigenvalue weighted by molar-refractivity contribution is 0.244. The minimum atomic E-state index is -0.349. The Labute approximate surface area is 123 Å². The minimum Gasteiger partial charge on any atom is -0.494 e. The number of benzene rings is 2. The Hall–Kier alpha value is -2.43. The second-order valence-electron chi connectivity index (χ2n) is 4.89. The van der Waals surface area contributed by atoms with E-state index in [0.717, 1.165) is 5.69 Å². The Balaban J connectivity index is 2.27. The maximum atomic E-state index is 13.2. The molecule has 4 nitrogen and oxygen atoms in total. The third kappa shape index (κ3) is 3.78. The number of halogens is 1. The van der Waals surface area contributed by atoms with Crippen molar-refractivity contribution >= 4 is 17.1 Å². The van der Waals surface area contributed by atoms with Crippen molar-refractivity contribution in [1.29, 1.82) is 0 Å². The molecular weight excluding hydrogens is 271 g/mol. The van der Waals surface area contributed by atoms with Crippen LogP contribution in [0.5, 0.6) is 11.5 Å². The fourth-order valence-electron chi connectivity index (χ4n) is 1.89. The van der Waals surface area contributed by atoms with Crippen LogP contribution in [-0.4, -0.2) is 13.2 Å². The molecule has 0 saturated carbocycles. The van der Waals surface area contributed by atoms with E-state index in [4.69, 9.17) is 15.2 Å². The van der Waals surface area contributed by atoms with Crippen molar-refractivity contribution in [3.8, 4) is 11.5 Å². The molecule has 0 saturated heterocycles. The molecule has 2 rings (SSSR count). The average molecular weight is 290 g/mol. The topological polar surface area (TPSA) is 56.5 Å². The molecule has 0 amide bonds. The Bertz CT molecular complexity index is 630. The zero-order valence-corrected chi connectivity index (χ0v) is 12.3. The molecule has 112 valence electrons. The van der Waals surface area contributed by atoms with Crippen LogP contribution >= 0.6 is 0 Å². The van der Waals surface area contributed by atoms with Gasteiger partial charge in [-0.25, -0.2) is 4.39 Å². The van der Waals surface area contributed by atoms with Gasteiger partial charge in [-0.05, 0) is 38.1 Å². The molecule has 2 aromatic carbocycles. The molecule has 3 N–H and O–H groups in total. The molecule has 0 aliphatic rings. The lowest BCUT2D eigenvalue weighted by atomic mass is 10.2. The molecule has 5 heteroatoms. The van der Waals surface area contributed by atoms with E-state index in [1.165, 1.54) is 19.2 Å². The number of nitrogens with one attached hydrogen (secondary N) is 1. The monoisotopic (exact) mass is 290 g/mol. The molecule has 0 aliphatic carbocycles. The largest absolute Gasteiger partial charge is 0.494 e. The van der Waals surface area contributed by atoms with Crippen molar-refractivity contribution in [1.82, 2.24) is 0 Å². The standard InChI is InChI=1S/C16H19FN2O2/c1-10(2)21-15-9-12(5-6-13(15)18)19-14-7-4-11(17)8-16(14)20-3/h4-10,19H,18H2,1-3H3. The van der Waals surface area contributed by atoms with E-state index < -0.39 is 0 Å². The van der Waals surface area contributed by atoms with Gasteiger partial charge in [-0.15, -0.1) is 0 Å². The van der Waals surface area contributed by atoms with Crippen molar-refractivity contribution in [3.63, 3.8) is 0 Å². The Morgan fingerprint density at radius 3 is 2.52 bits per heavy atom. The number of anilines is 3. The van der Waals surface area contributed by atoms with Crippen molar-refractivity contribution in [3.05, 3.63) is 42.2 Å². The van der Waals surface area contributed by atoms with Gasteiger partial charge >= 0.3 is 0 Å². The van der Waals surface area contributed by atoms with Crippen LogP contribution in [0.3, 0.4) is 0 Å². The van der Waals surface area contributed by atoms with Gasteiger partial charge in [0, 0.05) is 17.8 Å². The van der Waals surface area contributed by atoms with E-state index >= 15 is 0 Å². The number of methoxy groups -OCH3 is 1. The van der Waals surface area contributed by atoms with Crippen LogP contribution in [0.25, 0.3) is 0 Å². The number of ether oxygens (including phenoxy) is 2. The van der Waals surface area contributed by atoms with Crippen LogP contribution in [0, 0.1) is 5.82 Å². The Morgan fingerprint density at radius 2 is 1.86 bits per heavy atom. The fraction of sp³-hybridized carbons (Fsp3) is 0.250. The maximum absolute atomic E-state index is 13.2. The first-order valence-corrected chi connectivity index (χ1v) is 6.66. The summed E-state index contributed by atoms with van der Waals surface area (Å²) >= 11 is 0. The van der Waals surface area contributed by atoms with Gasteiger partial charge in [-0.3, -0.25) is 0 Å². The molecule has 0 radical (unpaired) electrons.